The molecule has 1 saturated carbocycles. The highest BCUT2D eigenvalue weighted by Gasteiger charge is 2.34. The first-order valence-electron chi connectivity index (χ1n) is 8.29. The number of nitrogens with one attached hydrogen (secondary N) is 1. The number of hydrogen-bond acceptors (Lipinski definition) is 4. The van der Waals surface area contributed by atoms with Gasteiger partial charge >= 0.3 is 0 Å². The Labute approximate surface area is 140 Å². The second-order valence-corrected chi connectivity index (χ2v) is 7.69. The van der Waals surface area contributed by atoms with E-state index in [1.807, 2.05) is 29.2 Å². The van der Waals surface area contributed by atoms with Crippen molar-refractivity contribution in [1.29, 1.82) is 0 Å². The van der Waals surface area contributed by atoms with Crippen LogP contribution in [0.2, 0.25) is 0 Å². The summed E-state index contributed by atoms with van der Waals surface area (Å²) in [4.78, 5) is 30.2. The highest BCUT2D eigenvalue weighted by Crippen LogP contribution is 2.37. The van der Waals surface area contributed by atoms with Gasteiger partial charge in [-0.2, -0.15) is 0 Å². The Kier molecular flexibility index (Phi) is 4.03. The molecule has 3 aliphatic rings. The zero-order valence-corrected chi connectivity index (χ0v) is 13.8. The molecule has 5 nitrogen and oxygen atoms in total. The van der Waals surface area contributed by atoms with E-state index in [2.05, 4.69) is 10.2 Å². The van der Waals surface area contributed by atoms with E-state index in [4.69, 9.17) is 0 Å². The molecule has 1 atom stereocenters. The van der Waals surface area contributed by atoms with Crippen LogP contribution in [0.1, 0.15) is 19.3 Å². The lowest BCUT2D eigenvalue weighted by Gasteiger charge is -2.35. The van der Waals surface area contributed by atoms with Gasteiger partial charge in [0.2, 0.25) is 11.8 Å². The molecule has 1 aliphatic carbocycles. The molecule has 1 aromatic rings. The van der Waals surface area contributed by atoms with Crippen molar-refractivity contribution in [2.75, 3.05) is 31.5 Å². The van der Waals surface area contributed by atoms with Crippen LogP contribution in [0.4, 0.5) is 5.69 Å². The Morgan fingerprint density at radius 3 is 2.65 bits per heavy atom. The minimum absolute atomic E-state index is 0.0568. The second-order valence-electron chi connectivity index (χ2n) is 6.44. The Morgan fingerprint density at radius 1 is 1.17 bits per heavy atom. The molecule has 0 spiro atoms. The second kappa shape index (κ2) is 6.17. The molecule has 6 heteroatoms. The zero-order chi connectivity index (χ0) is 15.8. The number of amides is 2. The van der Waals surface area contributed by atoms with Gasteiger partial charge in [-0.15, -0.1) is 11.8 Å². The van der Waals surface area contributed by atoms with Gasteiger partial charge in [-0.1, -0.05) is 12.1 Å². The van der Waals surface area contributed by atoms with E-state index in [1.54, 1.807) is 0 Å². The van der Waals surface area contributed by atoms with Crippen LogP contribution in [0, 0.1) is 0 Å². The first-order chi connectivity index (χ1) is 11.2. The first-order valence-corrected chi connectivity index (χ1v) is 9.17. The average Bonchev–Trinajstić information content (AvgIpc) is 3.40. The highest BCUT2D eigenvalue weighted by molar-refractivity contribution is 8.01. The number of thioether (sulfide) groups is 1. The third-order valence-electron chi connectivity index (χ3n) is 4.80. The van der Waals surface area contributed by atoms with Gasteiger partial charge in [0.05, 0.1) is 10.9 Å². The number of piperazine rings is 1. The molecule has 0 bridgehead atoms. The molecule has 1 unspecified atom stereocenters. The van der Waals surface area contributed by atoms with Crippen molar-refractivity contribution in [2.24, 2.45) is 0 Å². The molecule has 23 heavy (non-hydrogen) atoms. The SMILES string of the molecule is O=C1Nc2ccccc2SC1CC(=O)N1CCN(C2CC2)CC1. The van der Waals surface area contributed by atoms with Crippen LogP contribution in [-0.2, 0) is 9.59 Å². The molecular formula is C17H21N3O2S. The standard InChI is InChI=1S/C17H21N3O2S/c21-16(20-9-7-19(8-10-20)12-5-6-12)11-15-17(22)18-13-3-1-2-4-14(13)23-15/h1-4,12,15H,5-11H2,(H,18,22). The van der Waals surface area contributed by atoms with Gasteiger partial charge in [0.25, 0.3) is 0 Å². The van der Waals surface area contributed by atoms with Crippen LogP contribution in [0.5, 0.6) is 0 Å². The summed E-state index contributed by atoms with van der Waals surface area (Å²) < 4.78 is 0. The van der Waals surface area contributed by atoms with Crippen LogP contribution in [0.15, 0.2) is 29.2 Å². The summed E-state index contributed by atoms with van der Waals surface area (Å²) in [5, 5.41) is 2.59. The van der Waals surface area contributed by atoms with Crippen LogP contribution < -0.4 is 5.32 Å². The maximum atomic E-state index is 12.5. The van der Waals surface area contributed by atoms with E-state index in [0.717, 1.165) is 42.8 Å². The van der Waals surface area contributed by atoms with Gasteiger partial charge < -0.3 is 10.2 Å². The van der Waals surface area contributed by atoms with E-state index >= 15 is 0 Å². The summed E-state index contributed by atoms with van der Waals surface area (Å²) in [5.74, 6) is 0.0474. The number of anilines is 1. The summed E-state index contributed by atoms with van der Waals surface area (Å²) >= 11 is 1.50. The van der Waals surface area contributed by atoms with Crippen LogP contribution >= 0.6 is 11.8 Å². The summed E-state index contributed by atoms with van der Waals surface area (Å²) in [5.41, 5.74) is 0.851. The van der Waals surface area contributed by atoms with Crippen molar-refractivity contribution >= 4 is 29.3 Å². The molecular weight excluding hydrogens is 310 g/mol. The Bertz CT molecular complexity index is 624. The number of carbonyl (C=O) groups is 2. The molecule has 1 aromatic carbocycles. The van der Waals surface area contributed by atoms with E-state index in [1.165, 1.54) is 24.6 Å². The smallest absolute Gasteiger partial charge is 0.238 e. The van der Waals surface area contributed by atoms with Crippen molar-refractivity contribution in [3.63, 3.8) is 0 Å². The molecule has 0 aromatic heterocycles. The van der Waals surface area contributed by atoms with E-state index < -0.39 is 0 Å². The summed E-state index contributed by atoms with van der Waals surface area (Å²) in [6.07, 6.45) is 2.91. The summed E-state index contributed by atoms with van der Waals surface area (Å²) in [6, 6.07) is 8.52. The number of para-hydroxylation sites is 1. The molecule has 4 rings (SSSR count). The molecule has 122 valence electrons. The predicted octanol–water partition coefficient (Wildman–Crippen LogP) is 1.80. The Morgan fingerprint density at radius 2 is 1.91 bits per heavy atom. The van der Waals surface area contributed by atoms with Crippen molar-refractivity contribution in [1.82, 2.24) is 9.80 Å². The quantitative estimate of drug-likeness (QED) is 0.918. The van der Waals surface area contributed by atoms with Gasteiger partial charge in [0, 0.05) is 43.5 Å². The van der Waals surface area contributed by atoms with E-state index in [9.17, 15) is 9.59 Å². The van der Waals surface area contributed by atoms with Gasteiger partial charge in [-0.05, 0) is 25.0 Å². The highest BCUT2D eigenvalue weighted by atomic mass is 32.2. The molecule has 2 amide bonds. The number of fused-ring (bicyclic) bond motifs is 1. The van der Waals surface area contributed by atoms with E-state index in [0.29, 0.717) is 0 Å². The number of benzene rings is 1. The summed E-state index contributed by atoms with van der Waals surface area (Å²) in [7, 11) is 0. The fourth-order valence-corrected chi connectivity index (χ4v) is 4.39. The van der Waals surface area contributed by atoms with Crippen LogP contribution in [-0.4, -0.2) is 59.1 Å². The lowest BCUT2D eigenvalue weighted by molar-refractivity contribution is -0.134. The molecule has 0 radical (unpaired) electrons. The molecule has 2 fully saturated rings. The number of rotatable bonds is 3. The predicted molar refractivity (Wildman–Crippen MR) is 90.5 cm³/mol. The number of carbonyl (C=O) groups excluding carboxylic acids is 2. The largest absolute Gasteiger partial charge is 0.340 e. The zero-order valence-electron chi connectivity index (χ0n) is 13.0. The number of nitrogens with zero attached hydrogens (tertiary/aromatic N) is 2. The fraction of sp³-hybridized carbons (Fsp3) is 0.529. The average molecular weight is 331 g/mol. The van der Waals surface area contributed by atoms with Gasteiger partial charge in [-0.3, -0.25) is 14.5 Å². The van der Waals surface area contributed by atoms with Crippen molar-refractivity contribution in [2.45, 2.75) is 35.4 Å². The van der Waals surface area contributed by atoms with Crippen LogP contribution in [0.3, 0.4) is 0 Å². The lowest BCUT2D eigenvalue weighted by atomic mass is 10.2. The maximum Gasteiger partial charge on any atom is 0.238 e. The maximum absolute atomic E-state index is 12.5. The lowest BCUT2D eigenvalue weighted by Crippen LogP contribution is -2.50. The Balaban J connectivity index is 1.34. The van der Waals surface area contributed by atoms with Crippen LogP contribution in [0.25, 0.3) is 0 Å². The Hall–Kier alpha value is -1.53. The molecule has 2 aliphatic heterocycles. The van der Waals surface area contributed by atoms with E-state index in [-0.39, 0.29) is 23.5 Å². The minimum atomic E-state index is -0.320. The van der Waals surface area contributed by atoms with Crippen molar-refractivity contribution in [3.05, 3.63) is 24.3 Å². The topological polar surface area (TPSA) is 52.7 Å². The normalized spacial score (nSPS) is 25.0. The van der Waals surface area contributed by atoms with Gasteiger partial charge in [-0.25, -0.2) is 0 Å². The monoisotopic (exact) mass is 331 g/mol. The van der Waals surface area contributed by atoms with Crippen molar-refractivity contribution in [3.8, 4) is 0 Å². The van der Waals surface area contributed by atoms with Crippen molar-refractivity contribution < 1.29 is 9.59 Å². The third-order valence-corrected chi connectivity index (χ3v) is 6.07. The number of hydrogen-bond donors (Lipinski definition) is 1. The summed E-state index contributed by atoms with van der Waals surface area (Å²) in [6.45, 7) is 3.54. The molecule has 1 saturated heterocycles. The minimum Gasteiger partial charge on any atom is -0.340 e. The fourth-order valence-electron chi connectivity index (χ4n) is 3.29. The first kappa shape index (κ1) is 15.0. The molecule has 1 N–H and O–H groups in total. The van der Waals surface area contributed by atoms with Gasteiger partial charge in [0.1, 0.15) is 0 Å². The van der Waals surface area contributed by atoms with Gasteiger partial charge in [0.15, 0.2) is 0 Å². The molecule has 2 heterocycles. The third kappa shape index (κ3) is 3.23.